The molecule has 4 nitrogen and oxygen atoms in total. The van der Waals surface area contributed by atoms with E-state index < -0.39 is 9.84 Å². The molecule has 2 aliphatic rings. The first kappa shape index (κ1) is 20.2. The lowest BCUT2D eigenvalue weighted by Crippen LogP contribution is -2.42. The molecular formula is C18H23Cl2NO3S2. The van der Waals surface area contributed by atoms with Gasteiger partial charge in [0.15, 0.2) is 9.84 Å². The molecule has 1 amide bonds. The van der Waals surface area contributed by atoms with Crippen molar-refractivity contribution in [1.82, 2.24) is 4.90 Å². The van der Waals surface area contributed by atoms with Crippen molar-refractivity contribution < 1.29 is 13.2 Å². The minimum absolute atomic E-state index is 0.000679. The van der Waals surface area contributed by atoms with Crippen molar-refractivity contribution in [2.24, 2.45) is 17.3 Å². The number of hydrogen-bond donors (Lipinski definition) is 0. The third kappa shape index (κ3) is 3.98. The molecule has 26 heavy (non-hydrogen) atoms. The number of aryl methyl sites for hydroxylation is 1. The van der Waals surface area contributed by atoms with Crippen molar-refractivity contribution in [1.29, 1.82) is 0 Å². The Morgan fingerprint density at radius 1 is 1.42 bits per heavy atom. The second-order valence-electron chi connectivity index (χ2n) is 7.83. The smallest absolute Gasteiger partial charge is 0.227 e. The molecule has 2 heterocycles. The number of carbonyl (C=O) groups is 1. The highest BCUT2D eigenvalue weighted by Gasteiger charge is 2.62. The van der Waals surface area contributed by atoms with Crippen LogP contribution < -0.4 is 0 Å². The van der Waals surface area contributed by atoms with Crippen LogP contribution in [0.3, 0.4) is 0 Å². The summed E-state index contributed by atoms with van der Waals surface area (Å²) in [5.41, 5.74) is 0.899. The summed E-state index contributed by atoms with van der Waals surface area (Å²) >= 11 is 13.2. The van der Waals surface area contributed by atoms with Gasteiger partial charge in [-0.1, -0.05) is 37.0 Å². The third-order valence-electron chi connectivity index (χ3n) is 5.70. The fourth-order valence-electron chi connectivity index (χ4n) is 3.90. The van der Waals surface area contributed by atoms with E-state index in [1.54, 1.807) is 22.3 Å². The zero-order chi connectivity index (χ0) is 19.3. The second-order valence-corrected chi connectivity index (χ2v) is 12.1. The molecular weight excluding hydrogens is 413 g/mol. The van der Waals surface area contributed by atoms with Crippen LogP contribution in [-0.4, -0.2) is 36.8 Å². The largest absolute Gasteiger partial charge is 0.333 e. The molecule has 1 aromatic heterocycles. The number of thiophene rings is 1. The molecule has 144 valence electrons. The standard InChI is InChI=1S/C18H23Cl2NO3S2/c1-11-4-6-25-14(11)9-21(12-5-7-26(23,24)10-12)17(22)16-13(8-15(19)20)18(16,2)3/h4,6,8,12-13,16H,5,7,9-10H2,1-3H3/t12-,13-,16+/m0/s1. The van der Waals surface area contributed by atoms with Crippen LogP contribution in [0.2, 0.25) is 0 Å². The highest BCUT2D eigenvalue weighted by molar-refractivity contribution is 7.91. The zero-order valence-electron chi connectivity index (χ0n) is 15.0. The molecule has 3 rings (SSSR count). The number of rotatable bonds is 5. The van der Waals surface area contributed by atoms with E-state index in [2.05, 4.69) is 0 Å². The van der Waals surface area contributed by atoms with Gasteiger partial charge in [-0.3, -0.25) is 4.79 Å². The van der Waals surface area contributed by atoms with Crippen LogP contribution in [0.1, 0.15) is 30.7 Å². The molecule has 1 saturated carbocycles. The number of nitrogens with zero attached hydrogens (tertiary/aromatic N) is 1. The molecule has 0 aromatic carbocycles. The van der Waals surface area contributed by atoms with E-state index in [4.69, 9.17) is 23.2 Å². The van der Waals surface area contributed by atoms with Gasteiger partial charge in [-0.15, -0.1) is 11.3 Å². The minimum Gasteiger partial charge on any atom is -0.333 e. The first-order valence-electron chi connectivity index (χ1n) is 8.59. The highest BCUT2D eigenvalue weighted by Crippen LogP contribution is 2.60. The average Bonchev–Trinajstić information content (AvgIpc) is 2.83. The summed E-state index contributed by atoms with van der Waals surface area (Å²) in [6.07, 6.45) is 2.23. The molecule has 0 N–H and O–H groups in total. The number of amides is 1. The van der Waals surface area contributed by atoms with Gasteiger partial charge >= 0.3 is 0 Å². The molecule has 2 fully saturated rings. The Bertz CT molecular complexity index is 840. The maximum absolute atomic E-state index is 13.4. The van der Waals surface area contributed by atoms with Crippen LogP contribution >= 0.6 is 34.5 Å². The van der Waals surface area contributed by atoms with Crippen LogP contribution in [-0.2, 0) is 21.2 Å². The summed E-state index contributed by atoms with van der Waals surface area (Å²) in [6, 6.07) is 1.76. The molecule has 0 radical (unpaired) electrons. The summed E-state index contributed by atoms with van der Waals surface area (Å²) in [5.74, 6) is -0.0488. The maximum atomic E-state index is 13.4. The molecule has 8 heteroatoms. The van der Waals surface area contributed by atoms with Crippen molar-refractivity contribution >= 4 is 50.3 Å². The quantitative estimate of drug-likeness (QED) is 0.697. The Morgan fingerprint density at radius 2 is 2.12 bits per heavy atom. The Balaban J connectivity index is 1.87. The van der Waals surface area contributed by atoms with Gasteiger partial charge in [0.25, 0.3) is 0 Å². The summed E-state index contributed by atoms with van der Waals surface area (Å²) in [7, 11) is -3.07. The van der Waals surface area contributed by atoms with Crippen LogP contribution in [0.15, 0.2) is 22.0 Å². The first-order chi connectivity index (χ1) is 12.0. The van der Waals surface area contributed by atoms with E-state index in [0.29, 0.717) is 13.0 Å². The van der Waals surface area contributed by atoms with Crippen LogP contribution in [0.5, 0.6) is 0 Å². The fourth-order valence-corrected chi connectivity index (χ4v) is 6.81. The Kier molecular flexibility index (Phi) is 5.52. The summed E-state index contributed by atoms with van der Waals surface area (Å²) in [6.45, 7) is 6.51. The van der Waals surface area contributed by atoms with Gasteiger partial charge in [-0.05, 0) is 47.8 Å². The summed E-state index contributed by atoms with van der Waals surface area (Å²) < 4.78 is 24.1. The molecule has 0 spiro atoms. The molecule has 1 aliphatic heterocycles. The van der Waals surface area contributed by atoms with E-state index in [1.165, 1.54) is 0 Å². The SMILES string of the molecule is Cc1ccsc1CN(C(=O)[C@H]1[C@H](C=C(Cl)Cl)C1(C)C)[C@H]1CCS(=O)(=O)C1. The maximum Gasteiger partial charge on any atom is 0.227 e. The van der Waals surface area contributed by atoms with Crippen molar-refractivity contribution in [3.8, 4) is 0 Å². The monoisotopic (exact) mass is 435 g/mol. The lowest BCUT2D eigenvalue weighted by molar-refractivity contribution is -0.136. The van der Waals surface area contributed by atoms with Crippen LogP contribution in [0, 0.1) is 24.2 Å². The van der Waals surface area contributed by atoms with Gasteiger partial charge < -0.3 is 4.90 Å². The lowest BCUT2D eigenvalue weighted by atomic mass is 10.1. The number of halogens is 2. The van der Waals surface area contributed by atoms with Gasteiger partial charge in [0, 0.05) is 10.9 Å². The van der Waals surface area contributed by atoms with Gasteiger partial charge in [-0.2, -0.15) is 0 Å². The normalized spacial score (nSPS) is 28.6. The molecule has 1 saturated heterocycles. The van der Waals surface area contributed by atoms with E-state index in [-0.39, 0.29) is 45.2 Å². The van der Waals surface area contributed by atoms with E-state index in [1.807, 2.05) is 32.2 Å². The molecule has 1 aliphatic carbocycles. The van der Waals surface area contributed by atoms with Crippen molar-refractivity contribution in [3.63, 3.8) is 0 Å². The zero-order valence-corrected chi connectivity index (χ0v) is 18.2. The second kappa shape index (κ2) is 7.12. The fraction of sp³-hybridized carbons (Fsp3) is 0.611. The van der Waals surface area contributed by atoms with Gasteiger partial charge in [0.2, 0.25) is 5.91 Å². The number of hydrogen-bond acceptors (Lipinski definition) is 4. The molecule has 1 aromatic rings. The third-order valence-corrected chi connectivity index (χ3v) is 8.71. The van der Waals surface area contributed by atoms with Crippen LogP contribution in [0.25, 0.3) is 0 Å². The Morgan fingerprint density at radius 3 is 2.62 bits per heavy atom. The number of allylic oxidation sites excluding steroid dienone is 1. The first-order valence-corrected chi connectivity index (χ1v) is 12.1. The van der Waals surface area contributed by atoms with E-state index in [9.17, 15) is 13.2 Å². The molecule has 0 unspecified atom stereocenters. The van der Waals surface area contributed by atoms with E-state index in [0.717, 1.165) is 10.4 Å². The highest BCUT2D eigenvalue weighted by atomic mass is 35.5. The summed E-state index contributed by atoms with van der Waals surface area (Å²) in [4.78, 5) is 16.3. The Hall–Kier alpha value is -0.560. The number of carbonyl (C=O) groups excluding carboxylic acids is 1. The lowest BCUT2D eigenvalue weighted by Gasteiger charge is -2.29. The molecule has 3 atom stereocenters. The van der Waals surface area contributed by atoms with Crippen molar-refractivity contribution in [2.75, 3.05) is 11.5 Å². The topological polar surface area (TPSA) is 54.5 Å². The Labute approximate surface area is 169 Å². The van der Waals surface area contributed by atoms with Crippen LogP contribution in [0.4, 0.5) is 0 Å². The summed E-state index contributed by atoms with van der Waals surface area (Å²) in [5, 5.41) is 2.00. The number of sulfone groups is 1. The van der Waals surface area contributed by atoms with E-state index >= 15 is 0 Å². The predicted octanol–water partition coefficient (Wildman–Crippen LogP) is 4.16. The average molecular weight is 436 g/mol. The molecule has 0 bridgehead atoms. The van der Waals surface area contributed by atoms with Gasteiger partial charge in [0.05, 0.1) is 24.0 Å². The minimum atomic E-state index is -3.07. The van der Waals surface area contributed by atoms with Gasteiger partial charge in [0.1, 0.15) is 4.49 Å². The predicted molar refractivity (Wildman–Crippen MR) is 107 cm³/mol. The van der Waals surface area contributed by atoms with Gasteiger partial charge in [-0.25, -0.2) is 8.42 Å². The van der Waals surface area contributed by atoms with Crippen molar-refractivity contribution in [3.05, 3.63) is 32.5 Å². The van der Waals surface area contributed by atoms with Crippen molar-refractivity contribution in [2.45, 2.75) is 39.8 Å².